The van der Waals surface area contributed by atoms with E-state index in [0.717, 1.165) is 12.8 Å². The SMILES string of the molecule is C=CCCCc1ccccc1-c1ccccc1. The Kier molecular flexibility index (Phi) is 4.15. The van der Waals surface area contributed by atoms with Gasteiger partial charge in [0.1, 0.15) is 0 Å². The third kappa shape index (κ3) is 3.07. The molecule has 0 N–H and O–H groups in total. The maximum Gasteiger partial charge on any atom is -0.0152 e. The summed E-state index contributed by atoms with van der Waals surface area (Å²) in [6.45, 7) is 3.77. The van der Waals surface area contributed by atoms with Crippen molar-refractivity contribution >= 4 is 0 Å². The molecule has 17 heavy (non-hydrogen) atoms. The van der Waals surface area contributed by atoms with Crippen LogP contribution in [0.2, 0.25) is 0 Å². The largest absolute Gasteiger partial charge is 0.103 e. The number of hydrogen-bond donors (Lipinski definition) is 0. The number of aryl methyl sites for hydroxylation is 1. The lowest BCUT2D eigenvalue weighted by Gasteiger charge is -2.09. The van der Waals surface area contributed by atoms with Crippen LogP contribution in [0.25, 0.3) is 11.1 Å². The standard InChI is InChI=1S/C17H18/c1-2-3-5-10-15-13-8-9-14-17(15)16-11-6-4-7-12-16/h2,4,6-9,11-14H,1,3,5,10H2. The van der Waals surface area contributed by atoms with Crippen LogP contribution in [0.3, 0.4) is 0 Å². The summed E-state index contributed by atoms with van der Waals surface area (Å²) in [4.78, 5) is 0. The molecule has 0 radical (unpaired) electrons. The molecule has 0 aliphatic carbocycles. The van der Waals surface area contributed by atoms with E-state index in [0.29, 0.717) is 0 Å². The average molecular weight is 222 g/mol. The summed E-state index contributed by atoms with van der Waals surface area (Å²) in [7, 11) is 0. The molecule has 0 aliphatic heterocycles. The zero-order valence-electron chi connectivity index (χ0n) is 10.1. The van der Waals surface area contributed by atoms with Gasteiger partial charge in [-0.15, -0.1) is 6.58 Å². The molecule has 0 heteroatoms. The van der Waals surface area contributed by atoms with E-state index in [9.17, 15) is 0 Å². The fraction of sp³-hybridized carbons (Fsp3) is 0.176. The molecule has 2 rings (SSSR count). The third-order valence-electron chi connectivity index (χ3n) is 2.96. The Bertz CT molecular complexity index is 468. The van der Waals surface area contributed by atoms with Gasteiger partial charge in [0, 0.05) is 0 Å². The summed E-state index contributed by atoms with van der Waals surface area (Å²) in [5, 5.41) is 0. The maximum atomic E-state index is 3.77. The lowest BCUT2D eigenvalue weighted by Crippen LogP contribution is -1.89. The zero-order valence-corrected chi connectivity index (χ0v) is 10.1. The van der Waals surface area contributed by atoms with E-state index in [4.69, 9.17) is 0 Å². The van der Waals surface area contributed by atoms with Gasteiger partial charge in [0.2, 0.25) is 0 Å². The molecule has 0 saturated heterocycles. The quantitative estimate of drug-likeness (QED) is 0.500. The van der Waals surface area contributed by atoms with Crippen LogP contribution in [0, 0.1) is 0 Å². The van der Waals surface area contributed by atoms with Crippen LogP contribution in [-0.2, 0) is 6.42 Å². The molecule has 0 unspecified atom stereocenters. The topological polar surface area (TPSA) is 0 Å². The number of unbranched alkanes of at least 4 members (excludes halogenated alkanes) is 1. The van der Waals surface area contributed by atoms with Crippen LogP contribution in [0.1, 0.15) is 18.4 Å². The summed E-state index contributed by atoms with van der Waals surface area (Å²) < 4.78 is 0. The first-order valence-corrected chi connectivity index (χ1v) is 6.16. The highest BCUT2D eigenvalue weighted by atomic mass is 14.1. The average Bonchev–Trinajstić information content (AvgIpc) is 2.41. The minimum Gasteiger partial charge on any atom is -0.103 e. The van der Waals surface area contributed by atoms with Gasteiger partial charge in [-0.25, -0.2) is 0 Å². The Morgan fingerprint density at radius 1 is 0.882 bits per heavy atom. The normalized spacial score (nSPS) is 10.1. The van der Waals surface area contributed by atoms with Crippen molar-refractivity contribution in [1.29, 1.82) is 0 Å². The van der Waals surface area contributed by atoms with E-state index in [1.807, 2.05) is 6.08 Å². The molecule has 0 aromatic heterocycles. The summed E-state index contributed by atoms with van der Waals surface area (Å²) >= 11 is 0. The predicted molar refractivity (Wildman–Crippen MR) is 75.0 cm³/mol. The van der Waals surface area contributed by atoms with Crippen molar-refractivity contribution in [3.63, 3.8) is 0 Å². The van der Waals surface area contributed by atoms with Gasteiger partial charge < -0.3 is 0 Å². The smallest absolute Gasteiger partial charge is 0.0152 e. The molecule has 0 fully saturated rings. The zero-order chi connectivity index (χ0) is 11.9. The molecule has 86 valence electrons. The summed E-state index contributed by atoms with van der Waals surface area (Å²) in [6.07, 6.45) is 5.37. The third-order valence-corrected chi connectivity index (χ3v) is 2.96. The summed E-state index contributed by atoms with van der Waals surface area (Å²) in [5.74, 6) is 0. The van der Waals surface area contributed by atoms with E-state index in [-0.39, 0.29) is 0 Å². The van der Waals surface area contributed by atoms with Gasteiger partial charge in [-0.1, -0.05) is 60.7 Å². The molecule has 0 aliphatic rings. The van der Waals surface area contributed by atoms with Gasteiger partial charge in [0.05, 0.1) is 0 Å². The first-order chi connectivity index (χ1) is 8.42. The monoisotopic (exact) mass is 222 g/mol. The fourth-order valence-electron chi connectivity index (χ4n) is 2.07. The lowest BCUT2D eigenvalue weighted by molar-refractivity contribution is 0.845. The summed E-state index contributed by atoms with van der Waals surface area (Å²) in [6, 6.07) is 19.3. The second kappa shape index (κ2) is 6.05. The van der Waals surface area contributed by atoms with Crippen molar-refractivity contribution in [3.8, 4) is 11.1 Å². The van der Waals surface area contributed by atoms with Crippen molar-refractivity contribution in [1.82, 2.24) is 0 Å². The summed E-state index contributed by atoms with van der Waals surface area (Å²) in [5.41, 5.74) is 4.10. The second-order valence-electron chi connectivity index (χ2n) is 4.20. The van der Waals surface area contributed by atoms with Gasteiger partial charge >= 0.3 is 0 Å². The van der Waals surface area contributed by atoms with Crippen LogP contribution in [0.15, 0.2) is 67.3 Å². The van der Waals surface area contributed by atoms with Gasteiger partial charge in [0.15, 0.2) is 0 Å². The maximum absolute atomic E-state index is 3.77. The highest BCUT2D eigenvalue weighted by Gasteiger charge is 2.02. The van der Waals surface area contributed by atoms with Crippen LogP contribution in [0.5, 0.6) is 0 Å². The minimum absolute atomic E-state index is 1.09. The van der Waals surface area contributed by atoms with Gasteiger partial charge in [-0.2, -0.15) is 0 Å². The highest BCUT2D eigenvalue weighted by Crippen LogP contribution is 2.24. The molecular formula is C17H18. The molecule has 0 saturated carbocycles. The molecule has 2 aromatic carbocycles. The Morgan fingerprint density at radius 2 is 1.59 bits per heavy atom. The van der Waals surface area contributed by atoms with E-state index < -0.39 is 0 Å². The Morgan fingerprint density at radius 3 is 2.35 bits per heavy atom. The number of rotatable bonds is 5. The first-order valence-electron chi connectivity index (χ1n) is 6.16. The van der Waals surface area contributed by atoms with E-state index >= 15 is 0 Å². The van der Waals surface area contributed by atoms with Crippen molar-refractivity contribution in [2.45, 2.75) is 19.3 Å². The highest BCUT2D eigenvalue weighted by molar-refractivity contribution is 5.67. The molecule has 0 spiro atoms. The fourth-order valence-corrected chi connectivity index (χ4v) is 2.07. The molecule has 0 heterocycles. The Hall–Kier alpha value is -1.82. The van der Waals surface area contributed by atoms with Crippen molar-refractivity contribution < 1.29 is 0 Å². The number of benzene rings is 2. The molecule has 0 nitrogen and oxygen atoms in total. The Labute approximate surface area is 104 Å². The molecule has 0 atom stereocenters. The number of allylic oxidation sites excluding steroid dienone is 1. The van der Waals surface area contributed by atoms with Gasteiger partial charge in [0.25, 0.3) is 0 Å². The van der Waals surface area contributed by atoms with Crippen molar-refractivity contribution in [3.05, 3.63) is 72.8 Å². The second-order valence-corrected chi connectivity index (χ2v) is 4.20. The lowest BCUT2D eigenvalue weighted by atomic mass is 9.96. The molecule has 2 aromatic rings. The van der Waals surface area contributed by atoms with Crippen LogP contribution in [-0.4, -0.2) is 0 Å². The minimum atomic E-state index is 1.09. The molecular weight excluding hydrogens is 204 g/mol. The Balaban J connectivity index is 2.25. The van der Waals surface area contributed by atoms with Gasteiger partial charge in [-0.05, 0) is 36.0 Å². The van der Waals surface area contributed by atoms with Crippen molar-refractivity contribution in [2.75, 3.05) is 0 Å². The van der Waals surface area contributed by atoms with E-state index in [1.165, 1.54) is 23.1 Å². The van der Waals surface area contributed by atoms with Crippen molar-refractivity contribution in [2.24, 2.45) is 0 Å². The van der Waals surface area contributed by atoms with Crippen LogP contribution in [0.4, 0.5) is 0 Å². The molecule has 0 amide bonds. The number of hydrogen-bond acceptors (Lipinski definition) is 0. The van der Waals surface area contributed by atoms with Gasteiger partial charge in [-0.3, -0.25) is 0 Å². The predicted octanol–water partition coefficient (Wildman–Crippen LogP) is 4.86. The molecule has 0 bridgehead atoms. The van der Waals surface area contributed by atoms with E-state index in [1.54, 1.807) is 0 Å². The van der Waals surface area contributed by atoms with Crippen LogP contribution >= 0.6 is 0 Å². The van der Waals surface area contributed by atoms with Crippen LogP contribution < -0.4 is 0 Å². The first kappa shape index (κ1) is 11.7. The van der Waals surface area contributed by atoms with E-state index in [2.05, 4.69) is 61.2 Å².